The number of rotatable bonds is 5. The molecule has 4 heteroatoms. The van der Waals surface area contributed by atoms with Gasteiger partial charge in [0.15, 0.2) is 0 Å². The Morgan fingerprint density at radius 1 is 1.60 bits per heavy atom. The van der Waals surface area contributed by atoms with Crippen LogP contribution >= 0.6 is 0 Å². The van der Waals surface area contributed by atoms with Crippen LogP contribution in [0.2, 0.25) is 0 Å². The molecule has 104 valence electrons. The van der Waals surface area contributed by atoms with Gasteiger partial charge in [-0.25, -0.2) is 0 Å². The zero-order valence-electron chi connectivity index (χ0n) is 11.7. The van der Waals surface area contributed by atoms with Crippen LogP contribution in [0.15, 0.2) is 65.9 Å². The zero-order valence-corrected chi connectivity index (χ0v) is 11.7. The van der Waals surface area contributed by atoms with Gasteiger partial charge in [-0.3, -0.25) is 9.69 Å². The summed E-state index contributed by atoms with van der Waals surface area (Å²) >= 11 is 0. The maximum atomic E-state index is 12.0. The maximum Gasteiger partial charge on any atom is 0.234 e. The van der Waals surface area contributed by atoms with Crippen molar-refractivity contribution in [1.29, 1.82) is 5.41 Å². The van der Waals surface area contributed by atoms with Gasteiger partial charge in [0.25, 0.3) is 0 Å². The minimum Gasteiger partial charge on any atom is -0.497 e. The lowest BCUT2D eigenvalue weighted by molar-refractivity contribution is -0.126. The molecule has 0 spiro atoms. The van der Waals surface area contributed by atoms with Gasteiger partial charge in [0.05, 0.1) is 7.11 Å². The number of carbonyl (C=O) groups is 1. The Kier molecular flexibility index (Phi) is 6.01. The van der Waals surface area contributed by atoms with Crippen LogP contribution in [0.1, 0.15) is 13.3 Å². The van der Waals surface area contributed by atoms with Gasteiger partial charge >= 0.3 is 0 Å². The van der Waals surface area contributed by atoms with E-state index in [0.29, 0.717) is 17.8 Å². The molecule has 0 bridgehead atoms. The van der Waals surface area contributed by atoms with Crippen molar-refractivity contribution in [2.75, 3.05) is 7.11 Å². The average Bonchev–Trinajstić information content (AvgIpc) is 2.64. The number of nitrogens with one attached hydrogen (secondary N) is 1. The lowest BCUT2D eigenvalue weighted by atomic mass is 10.3. The van der Waals surface area contributed by atoms with Crippen LogP contribution in [0.5, 0.6) is 0 Å². The molecule has 0 aromatic rings. The van der Waals surface area contributed by atoms with Crippen LogP contribution in [0.3, 0.4) is 0 Å². The monoisotopic (exact) mass is 270 g/mol. The highest BCUT2D eigenvalue weighted by atomic mass is 16.5. The van der Waals surface area contributed by atoms with E-state index in [1.165, 1.54) is 0 Å². The van der Waals surface area contributed by atoms with Crippen LogP contribution in [0, 0.1) is 5.41 Å². The molecule has 0 saturated heterocycles. The molecule has 1 aliphatic heterocycles. The van der Waals surface area contributed by atoms with Crippen molar-refractivity contribution in [3.05, 3.63) is 65.9 Å². The van der Waals surface area contributed by atoms with Gasteiger partial charge in [-0.05, 0) is 42.9 Å². The first-order valence-corrected chi connectivity index (χ1v) is 6.11. The van der Waals surface area contributed by atoms with Crippen LogP contribution in [0.25, 0.3) is 0 Å². The molecule has 20 heavy (non-hydrogen) atoms. The van der Waals surface area contributed by atoms with Crippen molar-refractivity contribution in [2.24, 2.45) is 0 Å². The average molecular weight is 270 g/mol. The molecule has 1 aliphatic rings. The molecule has 4 nitrogen and oxygen atoms in total. The van der Waals surface area contributed by atoms with E-state index < -0.39 is 0 Å². The summed E-state index contributed by atoms with van der Waals surface area (Å²) in [5, 5.41) is 6.97. The highest BCUT2D eigenvalue weighted by molar-refractivity contribution is 5.81. The Hall–Kier alpha value is -2.58. The Morgan fingerprint density at radius 2 is 2.35 bits per heavy atom. The molecular weight excluding hydrogens is 252 g/mol. The number of hydrogen-bond acceptors (Lipinski definition) is 3. The predicted octanol–water partition coefficient (Wildman–Crippen LogP) is 3.08. The first-order chi connectivity index (χ1) is 9.58. The van der Waals surface area contributed by atoms with Crippen molar-refractivity contribution in [3.63, 3.8) is 0 Å². The zero-order chi connectivity index (χ0) is 15.0. The third-order valence-electron chi connectivity index (χ3n) is 2.63. The molecule has 1 rings (SSSR count). The third-order valence-corrected chi connectivity index (χ3v) is 2.63. The number of ether oxygens (including phenoxy) is 1. The van der Waals surface area contributed by atoms with Gasteiger partial charge in [0.1, 0.15) is 5.76 Å². The molecule has 0 aliphatic carbocycles. The summed E-state index contributed by atoms with van der Waals surface area (Å²) in [5.41, 5.74) is 4.22. The fourth-order valence-corrected chi connectivity index (χ4v) is 1.50. The highest BCUT2D eigenvalue weighted by Gasteiger charge is 2.14. The molecule has 1 amide bonds. The molecule has 0 saturated carbocycles. The van der Waals surface area contributed by atoms with E-state index >= 15 is 0 Å². The van der Waals surface area contributed by atoms with Crippen LogP contribution < -0.4 is 0 Å². The topological polar surface area (TPSA) is 53.4 Å². The smallest absolute Gasteiger partial charge is 0.234 e. The Bertz CT molecular complexity index is 559. The number of nitrogens with zero attached hydrogens (tertiary/aromatic N) is 1. The van der Waals surface area contributed by atoms with E-state index in [-0.39, 0.29) is 5.91 Å². The van der Waals surface area contributed by atoms with Crippen molar-refractivity contribution >= 4 is 12.1 Å². The number of hydrogen-bond donors (Lipinski definition) is 1. The Balaban J connectivity index is 2.84. The number of methoxy groups -OCH3 is 1. The third kappa shape index (κ3) is 4.59. The van der Waals surface area contributed by atoms with Crippen LogP contribution in [-0.4, -0.2) is 24.1 Å². The summed E-state index contributed by atoms with van der Waals surface area (Å²) < 4.78 is 5.10. The number of amides is 1. The predicted molar refractivity (Wildman–Crippen MR) is 80.0 cm³/mol. The van der Waals surface area contributed by atoms with Gasteiger partial charge in [-0.1, -0.05) is 6.58 Å². The van der Waals surface area contributed by atoms with Crippen molar-refractivity contribution in [3.8, 4) is 0 Å². The van der Waals surface area contributed by atoms with E-state index in [1.54, 1.807) is 48.6 Å². The minimum absolute atomic E-state index is 0.0247. The van der Waals surface area contributed by atoms with Gasteiger partial charge < -0.3 is 10.1 Å². The summed E-state index contributed by atoms with van der Waals surface area (Å²) in [6.45, 7) is 5.46. The normalized spacial score (nSPS) is 14.9. The standard InChI is InChI=1S/C16H18N2O2/c1-13(12-17)6-4-5-7-14(2)18-11-10-15(20-3)8-9-16(18)19/h5-8,10-12,17H,1,9H2,2-3H3/b14-7+,17-12?. The lowest BCUT2D eigenvalue weighted by Gasteiger charge is -2.16. The molecule has 0 fully saturated rings. The first kappa shape index (κ1) is 15.5. The van der Waals surface area contributed by atoms with Gasteiger partial charge in [-0.15, -0.1) is 5.73 Å². The van der Waals surface area contributed by atoms with Crippen molar-refractivity contribution < 1.29 is 9.53 Å². The number of allylic oxidation sites excluding steroid dienone is 5. The van der Waals surface area contributed by atoms with Gasteiger partial charge in [0, 0.05) is 24.5 Å². The molecule has 1 N–H and O–H groups in total. The van der Waals surface area contributed by atoms with Crippen molar-refractivity contribution in [1.82, 2.24) is 4.90 Å². The maximum absolute atomic E-state index is 12.0. The van der Waals surface area contributed by atoms with Crippen molar-refractivity contribution in [2.45, 2.75) is 13.3 Å². The molecule has 0 radical (unpaired) electrons. The summed E-state index contributed by atoms with van der Waals surface area (Å²) in [5.74, 6) is 0.648. The van der Waals surface area contributed by atoms with E-state index in [4.69, 9.17) is 10.1 Å². The fraction of sp³-hybridized carbons (Fsp3) is 0.188. The van der Waals surface area contributed by atoms with Gasteiger partial charge in [-0.2, -0.15) is 0 Å². The second-order valence-corrected chi connectivity index (χ2v) is 4.10. The quantitative estimate of drug-likeness (QED) is 0.474. The summed E-state index contributed by atoms with van der Waals surface area (Å²) in [7, 11) is 1.57. The Labute approximate surface area is 119 Å². The van der Waals surface area contributed by atoms with E-state index in [0.717, 1.165) is 11.9 Å². The molecule has 1 heterocycles. The summed E-state index contributed by atoms with van der Waals surface area (Å²) in [6, 6.07) is 0. The van der Waals surface area contributed by atoms with E-state index in [2.05, 4.69) is 12.3 Å². The molecule has 0 atom stereocenters. The minimum atomic E-state index is -0.0247. The molecule has 0 unspecified atom stereocenters. The van der Waals surface area contributed by atoms with Gasteiger partial charge in [0.2, 0.25) is 5.91 Å². The Morgan fingerprint density at radius 3 is 3.00 bits per heavy atom. The van der Waals surface area contributed by atoms with E-state index in [9.17, 15) is 4.79 Å². The summed E-state index contributed by atoms with van der Waals surface area (Å²) in [6.07, 6.45) is 11.7. The SMILES string of the molecule is C=C(C=N)C=C=C/C=C(\C)N1C=CC(OC)=CCC1=O. The van der Waals surface area contributed by atoms with Crippen LogP contribution in [0.4, 0.5) is 0 Å². The molecule has 0 aromatic carbocycles. The second-order valence-electron chi connectivity index (χ2n) is 4.10. The second kappa shape index (κ2) is 7.77. The largest absolute Gasteiger partial charge is 0.497 e. The van der Waals surface area contributed by atoms with Crippen LogP contribution in [-0.2, 0) is 9.53 Å². The fourth-order valence-electron chi connectivity index (χ4n) is 1.50. The molecule has 0 aromatic heterocycles. The molecular formula is C16H18N2O2. The summed E-state index contributed by atoms with van der Waals surface area (Å²) in [4.78, 5) is 13.5. The lowest BCUT2D eigenvalue weighted by Crippen LogP contribution is -2.22. The van der Waals surface area contributed by atoms with E-state index in [1.807, 2.05) is 6.92 Å². The number of carbonyl (C=O) groups excluding carboxylic acids is 1. The first-order valence-electron chi connectivity index (χ1n) is 6.11. The highest BCUT2D eigenvalue weighted by Crippen LogP contribution is 2.14.